The van der Waals surface area contributed by atoms with E-state index in [0.717, 1.165) is 27.9 Å². The lowest BCUT2D eigenvalue weighted by Crippen LogP contribution is -2.05. The minimum atomic E-state index is 0.689. The molecule has 5 nitrogen and oxygen atoms in total. The van der Waals surface area contributed by atoms with Gasteiger partial charge in [0.25, 0.3) is 5.78 Å². The van der Waals surface area contributed by atoms with Gasteiger partial charge >= 0.3 is 0 Å². The van der Waals surface area contributed by atoms with Crippen LogP contribution < -0.4 is 4.74 Å². The molecule has 0 aliphatic rings. The Morgan fingerprint density at radius 2 is 1.75 bits per heavy atom. The van der Waals surface area contributed by atoms with Gasteiger partial charge in [0.05, 0.1) is 24.7 Å². The quantitative estimate of drug-likeness (QED) is 0.530. The molecular weight excluding hydrogens is 320 g/mol. The lowest BCUT2D eigenvalue weighted by Gasteiger charge is -2.10. The van der Waals surface area contributed by atoms with Crippen LogP contribution in [0.1, 0.15) is 0 Å². The molecule has 0 amide bonds. The van der Waals surface area contributed by atoms with Gasteiger partial charge in [-0.05, 0) is 30.5 Å². The van der Waals surface area contributed by atoms with Crippen LogP contribution in [0.5, 0.6) is 5.75 Å². The monoisotopic (exact) mass is 336 g/mol. The first-order chi connectivity index (χ1) is 11.8. The van der Waals surface area contributed by atoms with Crippen molar-refractivity contribution in [1.82, 2.24) is 19.2 Å². The summed E-state index contributed by atoms with van der Waals surface area (Å²) in [6.45, 7) is 0. The van der Waals surface area contributed by atoms with E-state index in [1.165, 1.54) is 0 Å². The molecule has 4 rings (SSSR count). The topological polar surface area (TPSA) is 44.3 Å². The molecule has 2 aromatic carbocycles. The smallest absolute Gasteiger partial charge is 0.252 e. The third-order valence-electron chi connectivity index (χ3n) is 3.87. The Bertz CT molecular complexity index is 974. The van der Waals surface area contributed by atoms with Crippen molar-refractivity contribution < 1.29 is 4.74 Å². The second-order valence-corrected chi connectivity index (χ2v) is 6.00. The molecule has 0 unspecified atom stereocenters. The molecule has 24 heavy (non-hydrogen) atoms. The highest BCUT2D eigenvalue weighted by atomic mass is 32.2. The number of thioether (sulfide) groups is 1. The predicted octanol–water partition coefficient (Wildman–Crippen LogP) is 3.92. The maximum Gasteiger partial charge on any atom is 0.252 e. The number of benzene rings is 2. The summed E-state index contributed by atoms with van der Waals surface area (Å²) in [6.07, 6.45) is 3.88. The highest BCUT2D eigenvalue weighted by Gasteiger charge is 2.17. The van der Waals surface area contributed by atoms with Gasteiger partial charge in [0.1, 0.15) is 5.75 Å². The van der Waals surface area contributed by atoms with Crippen molar-refractivity contribution in [3.8, 4) is 22.7 Å². The van der Waals surface area contributed by atoms with E-state index in [1.807, 2.05) is 59.4 Å². The van der Waals surface area contributed by atoms with Crippen LogP contribution in [-0.4, -0.2) is 32.5 Å². The van der Waals surface area contributed by atoms with E-state index >= 15 is 0 Å². The van der Waals surface area contributed by atoms with Crippen LogP contribution in [0.2, 0.25) is 0 Å². The average molecular weight is 336 g/mol. The number of ether oxygens (including phenoxy) is 1. The van der Waals surface area contributed by atoms with E-state index in [1.54, 1.807) is 18.9 Å². The van der Waals surface area contributed by atoms with Crippen molar-refractivity contribution in [2.24, 2.45) is 0 Å². The van der Waals surface area contributed by atoms with Gasteiger partial charge in [0.2, 0.25) is 0 Å². The van der Waals surface area contributed by atoms with Crippen molar-refractivity contribution in [1.29, 1.82) is 0 Å². The summed E-state index contributed by atoms with van der Waals surface area (Å²) in [6, 6.07) is 18.2. The summed E-state index contributed by atoms with van der Waals surface area (Å²) in [4.78, 5) is 9.12. The highest BCUT2D eigenvalue weighted by molar-refractivity contribution is 7.98. The third-order valence-corrected chi connectivity index (χ3v) is 4.50. The first-order valence-corrected chi connectivity index (χ1v) is 8.74. The zero-order chi connectivity index (χ0) is 16.5. The van der Waals surface area contributed by atoms with Gasteiger partial charge in [0, 0.05) is 5.56 Å². The van der Waals surface area contributed by atoms with E-state index in [-0.39, 0.29) is 0 Å². The molecule has 0 radical (unpaired) electrons. The van der Waals surface area contributed by atoms with E-state index in [0.29, 0.717) is 5.78 Å². The molecule has 0 spiro atoms. The standard InChI is InChI=1S/C18H16N4OS/c1-23-15-10-8-14(9-11-15)21-18(24-2)20-17-19-12-16(22(17)21)13-6-4-3-5-7-13/h3-12H,1-2H3. The summed E-state index contributed by atoms with van der Waals surface area (Å²) in [7, 11) is 1.67. The molecule has 0 N–H and O–H groups in total. The van der Waals surface area contributed by atoms with Crippen LogP contribution >= 0.6 is 11.8 Å². The Morgan fingerprint density at radius 3 is 2.42 bits per heavy atom. The molecule has 6 heteroatoms. The van der Waals surface area contributed by atoms with Crippen molar-refractivity contribution in [3.63, 3.8) is 0 Å². The van der Waals surface area contributed by atoms with E-state index in [9.17, 15) is 0 Å². The molecular formula is C18H16N4OS. The molecule has 120 valence electrons. The summed E-state index contributed by atoms with van der Waals surface area (Å²) in [5, 5.41) is 0.889. The number of hydrogen-bond donors (Lipinski definition) is 0. The second kappa shape index (κ2) is 6.05. The van der Waals surface area contributed by atoms with Crippen LogP contribution in [0.3, 0.4) is 0 Å². The van der Waals surface area contributed by atoms with Crippen LogP contribution in [0.4, 0.5) is 0 Å². The van der Waals surface area contributed by atoms with Crippen molar-refractivity contribution in [2.75, 3.05) is 13.4 Å². The Labute approximate surface area is 143 Å². The molecule has 0 fully saturated rings. The fraction of sp³-hybridized carbons (Fsp3) is 0.111. The van der Waals surface area contributed by atoms with Crippen LogP contribution in [0.25, 0.3) is 22.7 Å². The summed E-state index contributed by atoms with van der Waals surface area (Å²) in [5.74, 6) is 1.52. The molecule has 0 saturated heterocycles. The molecule has 0 saturated carbocycles. The molecule has 2 heterocycles. The first kappa shape index (κ1) is 14.8. The molecule has 0 bridgehead atoms. The Hall–Kier alpha value is -2.73. The SMILES string of the molecule is COc1ccc(-n2c(SC)nc3ncc(-c4ccccc4)n32)cc1. The van der Waals surface area contributed by atoms with E-state index in [4.69, 9.17) is 4.74 Å². The molecule has 0 aliphatic carbocycles. The van der Waals surface area contributed by atoms with Gasteiger partial charge in [-0.15, -0.1) is 0 Å². The van der Waals surface area contributed by atoms with Crippen LogP contribution in [0, 0.1) is 0 Å². The van der Waals surface area contributed by atoms with Gasteiger partial charge in [-0.1, -0.05) is 42.1 Å². The van der Waals surface area contributed by atoms with Gasteiger partial charge in [0.15, 0.2) is 5.16 Å². The van der Waals surface area contributed by atoms with Crippen LogP contribution in [0.15, 0.2) is 66.0 Å². The highest BCUT2D eigenvalue weighted by Crippen LogP contribution is 2.27. The summed E-state index contributed by atoms with van der Waals surface area (Å²) < 4.78 is 9.38. The minimum absolute atomic E-state index is 0.689. The van der Waals surface area contributed by atoms with Gasteiger partial charge in [-0.25, -0.2) is 14.2 Å². The maximum absolute atomic E-state index is 5.26. The number of fused-ring (bicyclic) bond motifs is 1. The number of nitrogens with zero attached hydrogens (tertiary/aromatic N) is 4. The number of hydrogen-bond acceptors (Lipinski definition) is 4. The fourth-order valence-corrected chi connectivity index (χ4v) is 3.25. The van der Waals surface area contributed by atoms with E-state index in [2.05, 4.69) is 26.8 Å². The average Bonchev–Trinajstić information content (AvgIpc) is 3.21. The number of imidazole rings is 1. The second-order valence-electron chi connectivity index (χ2n) is 5.23. The largest absolute Gasteiger partial charge is 0.497 e. The third kappa shape index (κ3) is 2.35. The van der Waals surface area contributed by atoms with Crippen molar-refractivity contribution >= 4 is 17.5 Å². The predicted molar refractivity (Wildman–Crippen MR) is 96.1 cm³/mol. The van der Waals surface area contributed by atoms with Crippen molar-refractivity contribution in [3.05, 3.63) is 60.8 Å². The Kier molecular flexibility index (Phi) is 3.74. The Morgan fingerprint density at radius 1 is 1.00 bits per heavy atom. The maximum atomic E-state index is 5.26. The lowest BCUT2D eigenvalue weighted by atomic mass is 10.2. The Balaban J connectivity index is 1.97. The van der Waals surface area contributed by atoms with E-state index < -0.39 is 0 Å². The number of methoxy groups -OCH3 is 1. The first-order valence-electron chi connectivity index (χ1n) is 7.52. The summed E-state index contributed by atoms with van der Waals surface area (Å²) in [5.41, 5.74) is 3.12. The lowest BCUT2D eigenvalue weighted by molar-refractivity contribution is 0.414. The normalized spacial score (nSPS) is 11.1. The minimum Gasteiger partial charge on any atom is -0.497 e. The molecule has 0 aliphatic heterocycles. The molecule has 4 aromatic rings. The molecule has 0 atom stereocenters. The number of aromatic nitrogens is 4. The number of rotatable bonds is 4. The zero-order valence-electron chi connectivity index (χ0n) is 13.4. The van der Waals surface area contributed by atoms with Gasteiger partial charge in [-0.3, -0.25) is 0 Å². The zero-order valence-corrected chi connectivity index (χ0v) is 14.2. The van der Waals surface area contributed by atoms with Gasteiger partial charge in [-0.2, -0.15) is 4.98 Å². The molecule has 2 aromatic heterocycles. The van der Waals surface area contributed by atoms with Crippen LogP contribution in [-0.2, 0) is 0 Å². The summed E-state index contributed by atoms with van der Waals surface area (Å²) >= 11 is 1.59. The van der Waals surface area contributed by atoms with Gasteiger partial charge < -0.3 is 4.74 Å². The van der Waals surface area contributed by atoms with Crippen molar-refractivity contribution in [2.45, 2.75) is 5.16 Å². The fourth-order valence-electron chi connectivity index (χ4n) is 2.72.